The number of anilines is 2. The van der Waals surface area contributed by atoms with Crippen LogP contribution in [0.1, 0.15) is 19.8 Å². The lowest BCUT2D eigenvalue weighted by atomic mass is 10.1. The summed E-state index contributed by atoms with van der Waals surface area (Å²) in [6.07, 6.45) is 1.83. The number of aliphatic hydroxyl groups is 1. The van der Waals surface area contributed by atoms with E-state index in [1.807, 2.05) is 6.92 Å². The third-order valence-corrected chi connectivity index (χ3v) is 3.20. The van der Waals surface area contributed by atoms with Crippen molar-refractivity contribution < 1.29 is 13.9 Å². The fourth-order valence-corrected chi connectivity index (χ4v) is 1.72. The Morgan fingerprint density at radius 1 is 1.28 bits per heavy atom. The van der Waals surface area contributed by atoms with E-state index < -0.39 is 11.6 Å². The van der Waals surface area contributed by atoms with Gasteiger partial charge in [-0.3, -0.25) is 0 Å². The molecule has 0 saturated heterocycles. The average Bonchev–Trinajstić information content (AvgIpc) is 3.12. The van der Waals surface area contributed by atoms with Crippen molar-refractivity contribution in [2.24, 2.45) is 5.41 Å². The monoisotopic (exact) mass is 257 g/mol. The molecule has 6 heteroatoms. The topological polar surface area (TPSA) is 57.2 Å². The minimum atomic E-state index is -0.720. The van der Waals surface area contributed by atoms with E-state index in [4.69, 9.17) is 5.11 Å². The van der Waals surface area contributed by atoms with Gasteiger partial charge in [-0.25, -0.2) is 13.8 Å². The summed E-state index contributed by atoms with van der Waals surface area (Å²) in [7, 11) is 0. The fraction of sp³-hybridized carbons (Fsp3) is 0.583. The predicted octanol–water partition coefficient (Wildman–Crippen LogP) is 1.98. The number of nitrogens with one attached hydrogen (secondary N) is 2. The molecule has 1 aliphatic carbocycles. The molecule has 1 saturated carbocycles. The number of pyridine rings is 1. The summed E-state index contributed by atoms with van der Waals surface area (Å²) < 4.78 is 26.9. The highest BCUT2D eigenvalue weighted by molar-refractivity contribution is 5.47. The maximum Gasteiger partial charge on any atom is 0.168 e. The van der Waals surface area contributed by atoms with Gasteiger partial charge in [0.15, 0.2) is 23.3 Å². The van der Waals surface area contributed by atoms with Gasteiger partial charge in [0.1, 0.15) is 0 Å². The second-order valence-corrected chi connectivity index (χ2v) is 4.69. The van der Waals surface area contributed by atoms with Gasteiger partial charge in [0.2, 0.25) is 0 Å². The zero-order valence-corrected chi connectivity index (χ0v) is 10.3. The van der Waals surface area contributed by atoms with Crippen LogP contribution in [-0.4, -0.2) is 29.8 Å². The van der Waals surface area contributed by atoms with E-state index in [1.165, 1.54) is 0 Å². The van der Waals surface area contributed by atoms with E-state index in [-0.39, 0.29) is 23.7 Å². The third-order valence-electron chi connectivity index (χ3n) is 3.20. The normalized spacial score (nSPS) is 16.4. The molecule has 18 heavy (non-hydrogen) atoms. The van der Waals surface area contributed by atoms with Gasteiger partial charge in [0, 0.05) is 24.6 Å². The quantitative estimate of drug-likeness (QED) is 0.729. The molecule has 1 aromatic heterocycles. The van der Waals surface area contributed by atoms with Gasteiger partial charge < -0.3 is 15.7 Å². The lowest BCUT2D eigenvalue weighted by molar-refractivity contribution is 0.219. The first-order valence-corrected chi connectivity index (χ1v) is 6.05. The molecule has 0 bridgehead atoms. The van der Waals surface area contributed by atoms with Gasteiger partial charge in [0.25, 0.3) is 0 Å². The van der Waals surface area contributed by atoms with Crippen molar-refractivity contribution in [2.45, 2.75) is 19.8 Å². The SMILES string of the molecule is CCNc1nc(NCC2(CO)CC2)c(F)cc1F. The van der Waals surface area contributed by atoms with Crippen LogP contribution in [0.5, 0.6) is 0 Å². The highest BCUT2D eigenvalue weighted by Crippen LogP contribution is 2.44. The lowest BCUT2D eigenvalue weighted by Crippen LogP contribution is -2.20. The van der Waals surface area contributed by atoms with Crippen molar-refractivity contribution in [2.75, 3.05) is 30.3 Å². The van der Waals surface area contributed by atoms with Crippen LogP contribution in [0.4, 0.5) is 20.4 Å². The Bertz CT molecular complexity index is 436. The molecule has 0 spiro atoms. The Morgan fingerprint density at radius 2 is 1.89 bits per heavy atom. The summed E-state index contributed by atoms with van der Waals surface area (Å²) in [6.45, 7) is 2.84. The summed E-state index contributed by atoms with van der Waals surface area (Å²) in [4.78, 5) is 3.87. The highest BCUT2D eigenvalue weighted by atomic mass is 19.1. The van der Waals surface area contributed by atoms with E-state index in [1.54, 1.807) is 0 Å². The van der Waals surface area contributed by atoms with Crippen LogP contribution in [0.3, 0.4) is 0 Å². The molecule has 0 atom stereocenters. The van der Waals surface area contributed by atoms with Gasteiger partial charge in [-0.2, -0.15) is 0 Å². The largest absolute Gasteiger partial charge is 0.396 e. The number of aromatic nitrogens is 1. The Labute approximate surface area is 104 Å². The van der Waals surface area contributed by atoms with Gasteiger partial charge in [-0.15, -0.1) is 0 Å². The van der Waals surface area contributed by atoms with Crippen LogP contribution in [0, 0.1) is 17.0 Å². The number of hydrogen-bond donors (Lipinski definition) is 3. The zero-order chi connectivity index (χ0) is 13.2. The molecule has 1 heterocycles. The van der Waals surface area contributed by atoms with E-state index in [0.717, 1.165) is 18.9 Å². The van der Waals surface area contributed by atoms with Crippen LogP contribution in [-0.2, 0) is 0 Å². The number of halogens is 2. The summed E-state index contributed by atoms with van der Waals surface area (Å²) in [5, 5.41) is 14.7. The Balaban J connectivity index is 2.09. The Kier molecular flexibility index (Phi) is 3.65. The molecule has 4 nitrogen and oxygen atoms in total. The van der Waals surface area contributed by atoms with E-state index in [0.29, 0.717) is 13.1 Å². The smallest absolute Gasteiger partial charge is 0.168 e. The standard InChI is InChI=1S/C12H17F2N3O/c1-2-15-10-8(13)5-9(14)11(17-10)16-6-12(7-18)3-4-12/h5,18H,2-4,6-7H2,1H3,(H2,15,16,17). The van der Waals surface area contributed by atoms with E-state index in [9.17, 15) is 8.78 Å². The maximum atomic E-state index is 13.5. The summed E-state index contributed by atoms with van der Waals surface area (Å²) >= 11 is 0. The molecule has 0 aliphatic heterocycles. The van der Waals surface area contributed by atoms with E-state index in [2.05, 4.69) is 15.6 Å². The first-order chi connectivity index (χ1) is 8.60. The zero-order valence-electron chi connectivity index (χ0n) is 10.3. The minimum Gasteiger partial charge on any atom is -0.396 e. The van der Waals surface area contributed by atoms with Crippen molar-refractivity contribution in [1.82, 2.24) is 4.98 Å². The number of aliphatic hydroxyl groups excluding tert-OH is 1. The van der Waals surface area contributed by atoms with Gasteiger partial charge >= 0.3 is 0 Å². The van der Waals surface area contributed by atoms with Gasteiger partial charge in [-0.1, -0.05) is 0 Å². The Morgan fingerprint density at radius 3 is 2.39 bits per heavy atom. The average molecular weight is 257 g/mol. The molecule has 0 radical (unpaired) electrons. The van der Waals surface area contributed by atoms with Crippen molar-refractivity contribution in [1.29, 1.82) is 0 Å². The van der Waals surface area contributed by atoms with Gasteiger partial charge in [0.05, 0.1) is 6.61 Å². The second kappa shape index (κ2) is 5.06. The molecule has 0 aromatic carbocycles. The molecule has 100 valence electrons. The predicted molar refractivity (Wildman–Crippen MR) is 65.6 cm³/mol. The number of nitrogens with zero attached hydrogens (tertiary/aromatic N) is 1. The van der Waals surface area contributed by atoms with E-state index >= 15 is 0 Å². The summed E-state index contributed by atoms with van der Waals surface area (Å²) in [6, 6.07) is 0.811. The lowest BCUT2D eigenvalue weighted by Gasteiger charge is -2.14. The summed E-state index contributed by atoms with van der Waals surface area (Å²) in [5.74, 6) is -1.37. The van der Waals surface area contributed by atoms with Crippen LogP contribution in [0.2, 0.25) is 0 Å². The van der Waals surface area contributed by atoms with Crippen molar-refractivity contribution >= 4 is 11.6 Å². The molecule has 1 aliphatic rings. The molecular formula is C12H17F2N3O. The van der Waals surface area contributed by atoms with Crippen molar-refractivity contribution in [3.8, 4) is 0 Å². The molecule has 2 rings (SSSR count). The maximum absolute atomic E-state index is 13.5. The molecule has 0 amide bonds. The third kappa shape index (κ3) is 2.69. The van der Waals surface area contributed by atoms with Gasteiger partial charge in [-0.05, 0) is 19.8 Å². The van der Waals surface area contributed by atoms with Crippen LogP contribution >= 0.6 is 0 Å². The highest BCUT2D eigenvalue weighted by Gasteiger charge is 2.41. The first kappa shape index (κ1) is 13.0. The van der Waals surface area contributed by atoms with Crippen LogP contribution < -0.4 is 10.6 Å². The molecular weight excluding hydrogens is 240 g/mol. The minimum absolute atomic E-state index is 0.0204. The van der Waals surface area contributed by atoms with Crippen LogP contribution in [0.15, 0.2) is 6.07 Å². The number of rotatable bonds is 6. The molecule has 0 unspecified atom stereocenters. The number of hydrogen-bond acceptors (Lipinski definition) is 4. The fourth-order valence-electron chi connectivity index (χ4n) is 1.72. The van der Waals surface area contributed by atoms with Crippen molar-refractivity contribution in [3.63, 3.8) is 0 Å². The second-order valence-electron chi connectivity index (χ2n) is 4.69. The molecule has 1 fully saturated rings. The molecule has 1 aromatic rings. The van der Waals surface area contributed by atoms with Crippen LogP contribution in [0.25, 0.3) is 0 Å². The van der Waals surface area contributed by atoms with Crippen molar-refractivity contribution in [3.05, 3.63) is 17.7 Å². The molecule has 3 N–H and O–H groups in total. The summed E-state index contributed by atoms with van der Waals surface area (Å²) in [5.41, 5.74) is -0.152. The Hall–Kier alpha value is -1.43. The first-order valence-electron chi connectivity index (χ1n) is 6.05.